The average Bonchev–Trinajstić information content (AvgIpc) is 2.72. The van der Waals surface area contributed by atoms with Gasteiger partial charge in [0, 0.05) is 20.1 Å². The van der Waals surface area contributed by atoms with Crippen molar-refractivity contribution in [3.8, 4) is 5.75 Å². The number of carbonyl (C=O) groups excluding carboxylic acids is 1. The molecule has 0 aliphatic rings. The molecule has 0 aliphatic heterocycles. The summed E-state index contributed by atoms with van der Waals surface area (Å²) in [6, 6.07) is 12.3. The van der Waals surface area contributed by atoms with Gasteiger partial charge in [0.05, 0.1) is 19.2 Å². The Morgan fingerprint density at radius 2 is 1.67 bits per heavy atom. The van der Waals surface area contributed by atoms with Crippen molar-refractivity contribution in [1.82, 2.24) is 16.0 Å². The summed E-state index contributed by atoms with van der Waals surface area (Å²) >= 11 is 0. The number of aliphatic imine (C=N–C) groups is 1. The van der Waals surface area contributed by atoms with Gasteiger partial charge in [-0.1, -0.05) is 24.3 Å². The molecular formula is C20H24F3IN4O2. The molecule has 6 nitrogen and oxygen atoms in total. The van der Waals surface area contributed by atoms with Crippen LogP contribution in [-0.2, 0) is 24.1 Å². The Hall–Kier alpha value is -2.50. The maximum atomic E-state index is 12.8. The Labute approximate surface area is 190 Å². The summed E-state index contributed by atoms with van der Waals surface area (Å²) in [6.45, 7) is 0.469. The molecule has 0 bridgehead atoms. The van der Waals surface area contributed by atoms with Crippen molar-refractivity contribution < 1.29 is 22.7 Å². The van der Waals surface area contributed by atoms with Crippen molar-refractivity contribution in [2.45, 2.75) is 19.3 Å². The van der Waals surface area contributed by atoms with E-state index in [1.54, 1.807) is 25.3 Å². The highest BCUT2D eigenvalue weighted by molar-refractivity contribution is 14.0. The highest BCUT2D eigenvalue weighted by Crippen LogP contribution is 2.29. The smallest absolute Gasteiger partial charge is 0.416 e. The predicted octanol–water partition coefficient (Wildman–Crippen LogP) is 3.31. The molecule has 0 aliphatic carbocycles. The minimum Gasteiger partial charge on any atom is -0.497 e. The van der Waals surface area contributed by atoms with Crippen LogP contribution in [0.15, 0.2) is 53.5 Å². The molecule has 1 amide bonds. The van der Waals surface area contributed by atoms with Crippen LogP contribution in [0.4, 0.5) is 13.2 Å². The van der Waals surface area contributed by atoms with Crippen LogP contribution in [0.1, 0.15) is 16.7 Å². The number of benzene rings is 2. The van der Waals surface area contributed by atoms with Crippen LogP contribution >= 0.6 is 24.0 Å². The van der Waals surface area contributed by atoms with Crippen molar-refractivity contribution in [1.29, 1.82) is 0 Å². The lowest BCUT2D eigenvalue weighted by Gasteiger charge is -2.13. The zero-order valence-electron chi connectivity index (χ0n) is 16.5. The van der Waals surface area contributed by atoms with E-state index in [0.717, 1.165) is 23.4 Å². The third kappa shape index (κ3) is 8.47. The molecule has 0 fully saturated rings. The number of nitrogens with one attached hydrogen (secondary N) is 3. The Morgan fingerprint density at radius 1 is 1.00 bits per heavy atom. The van der Waals surface area contributed by atoms with Gasteiger partial charge in [-0.25, -0.2) is 0 Å². The molecule has 0 heterocycles. The fraction of sp³-hybridized carbons (Fsp3) is 0.300. The third-order valence-corrected chi connectivity index (χ3v) is 4.00. The van der Waals surface area contributed by atoms with E-state index in [2.05, 4.69) is 20.9 Å². The largest absolute Gasteiger partial charge is 0.497 e. The lowest BCUT2D eigenvalue weighted by Crippen LogP contribution is -2.42. The van der Waals surface area contributed by atoms with Crippen molar-refractivity contribution >= 4 is 35.8 Å². The normalized spacial score (nSPS) is 11.3. The van der Waals surface area contributed by atoms with Crippen LogP contribution in [-0.4, -0.2) is 32.6 Å². The summed E-state index contributed by atoms with van der Waals surface area (Å²) in [6.07, 6.45) is -4.39. The van der Waals surface area contributed by atoms with Gasteiger partial charge in [0.2, 0.25) is 5.91 Å². The molecule has 3 N–H and O–H groups in total. The number of ether oxygens (including phenoxy) is 1. The summed E-state index contributed by atoms with van der Waals surface area (Å²) in [5.74, 6) is 0.794. The number of halogens is 4. The van der Waals surface area contributed by atoms with Gasteiger partial charge in [0.15, 0.2) is 5.96 Å². The second-order valence-electron chi connectivity index (χ2n) is 6.10. The number of amides is 1. The van der Waals surface area contributed by atoms with E-state index in [-0.39, 0.29) is 43.0 Å². The number of alkyl halides is 3. The molecule has 0 aromatic heterocycles. The van der Waals surface area contributed by atoms with Gasteiger partial charge in [0.1, 0.15) is 5.75 Å². The van der Waals surface area contributed by atoms with Crippen LogP contribution < -0.4 is 20.7 Å². The maximum Gasteiger partial charge on any atom is 0.416 e. The van der Waals surface area contributed by atoms with Crippen molar-refractivity contribution in [2.24, 2.45) is 4.99 Å². The average molecular weight is 536 g/mol. The number of hydrogen-bond acceptors (Lipinski definition) is 3. The van der Waals surface area contributed by atoms with E-state index in [1.807, 2.05) is 12.1 Å². The summed E-state index contributed by atoms with van der Waals surface area (Å²) in [4.78, 5) is 15.9. The van der Waals surface area contributed by atoms with E-state index in [0.29, 0.717) is 18.1 Å². The number of guanidine groups is 1. The summed E-state index contributed by atoms with van der Waals surface area (Å²) < 4.78 is 43.4. The van der Waals surface area contributed by atoms with Crippen LogP contribution in [0.2, 0.25) is 0 Å². The topological polar surface area (TPSA) is 74.8 Å². The van der Waals surface area contributed by atoms with Crippen molar-refractivity contribution in [3.05, 3.63) is 65.2 Å². The quantitative estimate of drug-likeness (QED) is 0.289. The standard InChI is InChI=1S/C20H23F3N4O2.HI/c1-24-19(26-12-15-4-3-5-16(10-15)20(21,22)23)27-13-18(28)25-11-14-6-8-17(29-2)9-7-14;/h3-10H,11-13H2,1-2H3,(H,25,28)(H2,24,26,27);1H. The molecule has 0 saturated heterocycles. The number of rotatable bonds is 7. The highest BCUT2D eigenvalue weighted by atomic mass is 127. The minimum atomic E-state index is -4.39. The molecule has 0 spiro atoms. The summed E-state index contributed by atoms with van der Waals surface area (Å²) in [7, 11) is 3.09. The molecular weight excluding hydrogens is 512 g/mol. The second kappa shape index (κ2) is 12.3. The first-order valence-electron chi connectivity index (χ1n) is 8.82. The van der Waals surface area contributed by atoms with Gasteiger partial charge in [-0.15, -0.1) is 24.0 Å². The Kier molecular flexibility index (Phi) is 10.4. The zero-order valence-corrected chi connectivity index (χ0v) is 18.9. The molecule has 0 unspecified atom stereocenters. The SMILES string of the molecule is CN=C(NCC(=O)NCc1ccc(OC)cc1)NCc1cccc(C(F)(F)F)c1.I. The predicted molar refractivity (Wildman–Crippen MR) is 120 cm³/mol. The van der Waals surface area contributed by atoms with Crippen LogP contribution in [0.5, 0.6) is 5.75 Å². The Bertz CT molecular complexity index is 843. The molecule has 0 radical (unpaired) electrons. The second-order valence-corrected chi connectivity index (χ2v) is 6.10. The molecule has 0 saturated carbocycles. The Morgan fingerprint density at radius 3 is 2.27 bits per heavy atom. The minimum absolute atomic E-state index is 0. The van der Waals surface area contributed by atoms with E-state index in [4.69, 9.17) is 4.74 Å². The fourth-order valence-corrected chi connectivity index (χ4v) is 2.43. The van der Waals surface area contributed by atoms with E-state index >= 15 is 0 Å². The molecule has 2 aromatic carbocycles. The zero-order chi connectivity index (χ0) is 21.3. The lowest BCUT2D eigenvalue weighted by molar-refractivity contribution is -0.137. The molecule has 2 rings (SSSR count). The van der Waals surface area contributed by atoms with Crippen LogP contribution in [0, 0.1) is 0 Å². The summed E-state index contributed by atoms with van der Waals surface area (Å²) in [5.41, 5.74) is 0.663. The first-order valence-corrected chi connectivity index (χ1v) is 8.82. The van der Waals surface area contributed by atoms with Gasteiger partial charge in [-0.2, -0.15) is 13.2 Å². The number of methoxy groups -OCH3 is 1. The van der Waals surface area contributed by atoms with Crippen molar-refractivity contribution in [3.63, 3.8) is 0 Å². The van der Waals surface area contributed by atoms with E-state index in [9.17, 15) is 18.0 Å². The number of nitrogens with zero attached hydrogens (tertiary/aromatic N) is 1. The number of carbonyl (C=O) groups is 1. The molecule has 0 atom stereocenters. The molecule has 164 valence electrons. The molecule has 2 aromatic rings. The van der Waals surface area contributed by atoms with Gasteiger partial charge >= 0.3 is 6.18 Å². The lowest BCUT2D eigenvalue weighted by atomic mass is 10.1. The van der Waals surface area contributed by atoms with Gasteiger partial charge in [-0.05, 0) is 35.4 Å². The van der Waals surface area contributed by atoms with Gasteiger partial charge in [-0.3, -0.25) is 9.79 Å². The maximum absolute atomic E-state index is 12.8. The Balaban J connectivity index is 0.00000450. The molecule has 10 heteroatoms. The number of hydrogen-bond donors (Lipinski definition) is 3. The van der Waals surface area contributed by atoms with E-state index < -0.39 is 11.7 Å². The first-order chi connectivity index (χ1) is 13.8. The third-order valence-electron chi connectivity index (χ3n) is 4.00. The van der Waals surface area contributed by atoms with E-state index in [1.165, 1.54) is 13.1 Å². The van der Waals surface area contributed by atoms with Crippen LogP contribution in [0.25, 0.3) is 0 Å². The fourth-order valence-electron chi connectivity index (χ4n) is 2.43. The monoisotopic (exact) mass is 536 g/mol. The molecule has 30 heavy (non-hydrogen) atoms. The van der Waals surface area contributed by atoms with Crippen molar-refractivity contribution in [2.75, 3.05) is 20.7 Å². The highest BCUT2D eigenvalue weighted by Gasteiger charge is 2.30. The van der Waals surface area contributed by atoms with Crippen LogP contribution in [0.3, 0.4) is 0 Å². The summed E-state index contributed by atoms with van der Waals surface area (Å²) in [5, 5.41) is 8.47. The van der Waals surface area contributed by atoms with Gasteiger partial charge in [0.25, 0.3) is 0 Å². The first kappa shape index (κ1) is 25.5. The van der Waals surface area contributed by atoms with Gasteiger partial charge < -0.3 is 20.7 Å².